The molecule has 0 saturated carbocycles. The highest BCUT2D eigenvalue weighted by atomic mass is 16.5. The number of benzene rings is 1. The Morgan fingerprint density at radius 3 is 2.44 bits per heavy atom. The first kappa shape index (κ1) is 12.6. The summed E-state index contributed by atoms with van der Waals surface area (Å²) in [7, 11) is 1.65. The maximum absolute atomic E-state index is 5.71. The van der Waals surface area contributed by atoms with Crippen molar-refractivity contribution in [3.8, 4) is 11.4 Å². The molecule has 0 fully saturated rings. The molecule has 1 aromatic heterocycles. The molecule has 5 nitrogen and oxygen atoms in total. The van der Waals surface area contributed by atoms with Crippen molar-refractivity contribution >= 4 is 0 Å². The van der Waals surface area contributed by atoms with Crippen molar-refractivity contribution in [2.45, 2.75) is 26.3 Å². The molecule has 0 aliphatic heterocycles. The molecule has 0 aliphatic rings. The van der Waals surface area contributed by atoms with Gasteiger partial charge in [0.05, 0.1) is 19.3 Å². The van der Waals surface area contributed by atoms with E-state index in [0.29, 0.717) is 6.54 Å². The highest BCUT2D eigenvalue weighted by Crippen LogP contribution is 2.17. The Morgan fingerprint density at radius 1 is 1.28 bits per heavy atom. The maximum Gasteiger partial charge on any atom is 0.153 e. The third-order valence-electron chi connectivity index (χ3n) is 2.71. The Balaban J connectivity index is 2.41. The first-order valence-corrected chi connectivity index (χ1v) is 5.96. The van der Waals surface area contributed by atoms with E-state index in [1.54, 1.807) is 11.8 Å². The summed E-state index contributed by atoms with van der Waals surface area (Å²) in [6, 6.07) is 7.67. The number of nitrogens with two attached hydrogens (primary N) is 1. The SMILES string of the molecule is COc1ccc(-n2nc(C(C)C)nc2CN)cc1. The maximum atomic E-state index is 5.71. The molecule has 1 aromatic carbocycles. The average Bonchev–Trinajstić information content (AvgIpc) is 2.83. The van der Waals surface area contributed by atoms with E-state index in [2.05, 4.69) is 23.9 Å². The lowest BCUT2D eigenvalue weighted by Gasteiger charge is -2.05. The van der Waals surface area contributed by atoms with Gasteiger partial charge in [-0.25, -0.2) is 9.67 Å². The zero-order chi connectivity index (χ0) is 13.1. The first-order chi connectivity index (χ1) is 8.65. The standard InChI is InChI=1S/C13H18N4O/c1-9(2)13-15-12(8-14)17(16-13)10-4-6-11(18-3)7-5-10/h4-7,9H,8,14H2,1-3H3. The van der Waals surface area contributed by atoms with Crippen molar-refractivity contribution < 1.29 is 4.74 Å². The second-order valence-corrected chi connectivity index (χ2v) is 4.35. The van der Waals surface area contributed by atoms with Crippen molar-refractivity contribution in [2.75, 3.05) is 7.11 Å². The van der Waals surface area contributed by atoms with Crippen LogP contribution in [0, 0.1) is 0 Å². The molecule has 0 bridgehead atoms. The minimum Gasteiger partial charge on any atom is -0.497 e. The van der Waals surface area contributed by atoms with Gasteiger partial charge in [-0.3, -0.25) is 0 Å². The molecule has 2 aromatic rings. The van der Waals surface area contributed by atoms with Crippen LogP contribution in [-0.2, 0) is 6.54 Å². The third kappa shape index (κ3) is 2.36. The van der Waals surface area contributed by atoms with E-state index in [4.69, 9.17) is 10.5 Å². The predicted octanol–water partition coefficient (Wildman–Crippen LogP) is 1.86. The van der Waals surface area contributed by atoms with Gasteiger partial charge in [-0.05, 0) is 24.3 Å². The van der Waals surface area contributed by atoms with Crippen LogP contribution in [0.1, 0.15) is 31.4 Å². The summed E-state index contributed by atoms with van der Waals surface area (Å²) < 4.78 is 6.92. The van der Waals surface area contributed by atoms with E-state index >= 15 is 0 Å². The van der Waals surface area contributed by atoms with E-state index in [-0.39, 0.29) is 5.92 Å². The number of aromatic nitrogens is 3. The molecule has 0 aliphatic carbocycles. The van der Waals surface area contributed by atoms with Crippen LogP contribution in [0.3, 0.4) is 0 Å². The number of hydrogen-bond acceptors (Lipinski definition) is 4. The largest absolute Gasteiger partial charge is 0.497 e. The lowest BCUT2D eigenvalue weighted by molar-refractivity contribution is 0.414. The van der Waals surface area contributed by atoms with Gasteiger partial charge in [-0.1, -0.05) is 13.8 Å². The van der Waals surface area contributed by atoms with Crippen molar-refractivity contribution in [1.82, 2.24) is 14.8 Å². The number of hydrogen-bond donors (Lipinski definition) is 1. The van der Waals surface area contributed by atoms with E-state index in [1.807, 2.05) is 24.3 Å². The molecule has 0 spiro atoms. The topological polar surface area (TPSA) is 66.0 Å². The van der Waals surface area contributed by atoms with Gasteiger partial charge in [0.2, 0.25) is 0 Å². The molecule has 18 heavy (non-hydrogen) atoms. The van der Waals surface area contributed by atoms with Crippen LogP contribution in [0.25, 0.3) is 5.69 Å². The fourth-order valence-electron chi connectivity index (χ4n) is 1.67. The summed E-state index contributed by atoms with van der Waals surface area (Å²) in [4.78, 5) is 4.44. The molecule has 1 heterocycles. The molecule has 5 heteroatoms. The van der Waals surface area contributed by atoms with Gasteiger partial charge in [0.25, 0.3) is 0 Å². The van der Waals surface area contributed by atoms with Gasteiger partial charge in [0.15, 0.2) is 5.82 Å². The number of rotatable bonds is 4. The number of methoxy groups -OCH3 is 1. The Kier molecular flexibility index (Phi) is 3.62. The molecule has 0 amide bonds. The molecule has 2 rings (SSSR count). The predicted molar refractivity (Wildman–Crippen MR) is 69.9 cm³/mol. The van der Waals surface area contributed by atoms with Gasteiger partial charge < -0.3 is 10.5 Å². The molecule has 2 N–H and O–H groups in total. The smallest absolute Gasteiger partial charge is 0.153 e. The third-order valence-corrected chi connectivity index (χ3v) is 2.71. The second kappa shape index (κ2) is 5.18. The van der Waals surface area contributed by atoms with Crippen LogP contribution >= 0.6 is 0 Å². The number of ether oxygens (including phenoxy) is 1. The van der Waals surface area contributed by atoms with Gasteiger partial charge in [-0.2, -0.15) is 5.10 Å². The summed E-state index contributed by atoms with van der Waals surface area (Å²) in [6.45, 7) is 4.49. The van der Waals surface area contributed by atoms with Gasteiger partial charge in [0.1, 0.15) is 11.6 Å². The lowest BCUT2D eigenvalue weighted by atomic mass is 10.2. The van der Waals surface area contributed by atoms with Crippen molar-refractivity contribution in [3.63, 3.8) is 0 Å². The van der Waals surface area contributed by atoms with Crippen LogP contribution in [0.15, 0.2) is 24.3 Å². The monoisotopic (exact) mass is 246 g/mol. The Morgan fingerprint density at radius 2 is 1.94 bits per heavy atom. The van der Waals surface area contributed by atoms with Crippen molar-refractivity contribution in [1.29, 1.82) is 0 Å². The zero-order valence-electron chi connectivity index (χ0n) is 10.9. The van der Waals surface area contributed by atoms with E-state index < -0.39 is 0 Å². The Bertz CT molecular complexity index is 516. The Hall–Kier alpha value is -1.88. The van der Waals surface area contributed by atoms with Crippen LogP contribution in [0.2, 0.25) is 0 Å². The second-order valence-electron chi connectivity index (χ2n) is 4.35. The summed E-state index contributed by atoms with van der Waals surface area (Å²) >= 11 is 0. The molecular formula is C13H18N4O. The van der Waals surface area contributed by atoms with Crippen LogP contribution < -0.4 is 10.5 Å². The summed E-state index contributed by atoms with van der Waals surface area (Å²) in [5.74, 6) is 2.68. The highest BCUT2D eigenvalue weighted by molar-refractivity contribution is 5.37. The summed E-state index contributed by atoms with van der Waals surface area (Å²) in [5.41, 5.74) is 6.65. The lowest BCUT2D eigenvalue weighted by Crippen LogP contribution is -2.07. The zero-order valence-corrected chi connectivity index (χ0v) is 10.9. The van der Waals surface area contributed by atoms with E-state index in [0.717, 1.165) is 23.1 Å². The van der Waals surface area contributed by atoms with Crippen molar-refractivity contribution in [2.24, 2.45) is 5.73 Å². The molecule has 0 unspecified atom stereocenters. The molecule has 0 radical (unpaired) electrons. The molecule has 96 valence electrons. The van der Waals surface area contributed by atoms with Gasteiger partial charge >= 0.3 is 0 Å². The fourth-order valence-corrected chi connectivity index (χ4v) is 1.67. The molecule has 0 saturated heterocycles. The quantitative estimate of drug-likeness (QED) is 0.894. The van der Waals surface area contributed by atoms with Crippen molar-refractivity contribution in [3.05, 3.63) is 35.9 Å². The summed E-state index contributed by atoms with van der Waals surface area (Å²) in [5, 5.41) is 4.49. The molecular weight excluding hydrogens is 228 g/mol. The first-order valence-electron chi connectivity index (χ1n) is 5.96. The molecule has 0 atom stereocenters. The normalized spacial score (nSPS) is 10.9. The van der Waals surface area contributed by atoms with Gasteiger partial charge in [-0.15, -0.1) is 0 Å². The highest BCUT2D eigenvalue weighted by Gasteiger charge is 2.12. The summed E-state index contributed by atoms with van der Waals surface area (Å²) in [6.07, 6.45) is 0. The van der Waals surface area contributed by atoms with E-state index in [9.17, 15) is 0 Å². The van der Waals surface area contributed by atoms with Crippen LogP contribution in [-0.4, -0.2) is 21.9 Å². The minimum absolute atomic E-state index is 0.287. The number of nitrogens with zero attached hydrogens (tertiary/aromatic N) is 3. The van der Waals surface area contributed by atoms with Crippen LogP contribution in [0.4, 0.5) is 0 Å². The fraction of sp³-hybridized carbons (Fsp3) is 0.385. The average molecular weight is 246 g/mol. The Labute approximate surface area is 107 Å². The van der Waals surface area contributed by atoms with Crippen LogP contribution in [0.5, 0.6) is 5.75 Å². The van der Waals surface area contributed by atoms with Gasteiger partial charge in [0, 0.05) is 5.92 Å². The minimum atomic E-state index is 0.287. The van der Waals surface area contributed by atoms with E-state index in [1.165, 1.54) is 0 Å².